The molecule has 0 radical (unpaired) electrons. The number of hydrogen-bond acceptors (Lipinski definition) is 4. The van der Waals surface area contributed by atoms with Crippen molar-refractivity contribution in [3.05, 3.63) is 70.4 Å². The molecule has 7 heteroatoms. The van der Waals surface area contributed by atoms with Crippen LogP contribution < -0.4 is 10.1 Å². The number of halogens is 1. The molecule has 0 saturated heterocycles. The number of thiophene rings is 1. The third-order valence-corrected chi connectivity index (χ3v) is 4.56. The van der Waals surface area contributed by atoms with E-state index in [0.29, 0.717) is 6.54 Å². The summed E-state index contributed by atoms with van der Waals surface area (Å²) in [7, 11) is 1.38. The highest BCUT2D eigenvalue weighted by Crippen LogP contribution is 2.22. The Balaban J connectivity index is 1.73. The number of carbonyl (C=O) groups is 1. The van der Waals surface area contributed by atoms with Gasteiger partial charge in [-0.3, -0.25) is 9.48 Å². The zero-order valence-electron chi connectivity index (χ0n) is 13.0. The molecular formula is C17H16FN3O2S. The van der Waals surface area contributed by atoms with Crippen LogP contribution in [0.15, 0.2) is 54.2 Å². The normalized spacial score (nSPS) is 11.9. The summed E-state index contributed by atoms with van der Waals surface area (Å²) < 4.78 is 20.4. The van der Waals surface area contributed by atoms with Crippen LogP contribution in [0.25, 0.3) is 0 Å². The first-order valence-electron chi connectivity index (χ1n) is 7.33. The average Bonchev–Trinajstić information content (AvgIpc) is 3.29. The number of amides is 1. The number of carbonyl (C=O) groups excluding carboxylic acids is 1. The molecule has 5 nitrogen and oxygen atoms in total. The Morgan fingerprint density at radius 2 is 2.29 bits per heavy atom. The molecule has 0 saturated carbocycles. The molecule has 3 aromatic rings. The molecule has 1 N–H and O–H groups in total. The van der Waals surface area contributed by atoms with Gasteiger partial charge in [-0.25, -0.2) is 4.39 Å². The Morgan fingerprint density at radius 3 is 2.92 bits per heavy atom. The Kier molecular flexibility index (Phi) is 4.90. The highest BCUT2D eigenvalue weighted by Gasteiger charge is 2.17. The molecule has 1 atom stereocenters. The molecular weight excluding hydrogens is 329 g/mol. The lowest BCUT2D eigenvalue weighted by molar-refractivity contribution is 0.0949. The zero-order valence-corrected chi connectivity index (χ0v) is 13.8. The summed E-state index contributed by atoms with van der Waals surface area (Å²) in [5.41, 5.74) is 0.249. The molecule has 1 aromatic carbocycles. The van der Waals surface area contributed by atoms with Gasteiger partial charge in [0.1, 0.15) is 6.04 Å². The number of benzene rings is 1. The fraction of sp³-hybridized carbons (Fsp3) is 0.176. The number of nitrogens with one attached hydrogen (secondary N) is 1. The first-order chi connectivity index (χ1) is 11.7. The third kappa shape index (κ3) is 3.46. The van der Waals surface area contributed by atoms with Crippen molar-refractivity contribution in [2.45, 2.75) is 6.04 Å². The summed E-state index contributed by atoms with van der Waals surface area (Å²) in [6.07, 6.45) is 3.55. The molecule has 124 valence electrons. The smallest absolute Gasteiger partial charge is 0.251 e. The van der Waals surface area contributed by atoms with Crippen molar-refractivity contribution < 1.29 is 13.9 Å². The Labute approximate surface area is 142 Å². The van der Waals surface area contributed by atoms with Crippen LogP contribution >= 0.6 is 11.3 Å². The minimum atomic E-state index is -0.563. The summed E-state index contributed by atoms with van der Waals surface area (Å²) in [5, 5.41) is 9.07. The van der Waals surface area contributed by atoms with E-state index in [1.165, 1.54) is 25.3 Å². The van der Waals surface area contributed by atoms with Crippen molar-refractivity contribution in [1.29, 1.82) is 0 Å². The van der Waals surface area contributed by atoms with Crippen LogP contribution in [0.4, 0.5) is 4.39 Å². The molecule has 0 aliphatic carbocycles. The van der Waals surface area contributed by atoms with Crippen LogP contribution in [0.2, 0.25) is 0 Å². The highest BCUT2D eigenvalue weighted by atomic mass is 32.1. The molecule has 0 aliphatic heterocycles. The number of hydrogen-bond donors (Lipinski definition) is 1. The van der Waals surface area contributed by atoms with Crippen molar-refractivity contribution in [3.63, 3.8) is 0 Å². The number of ether oxygens (including phenoxy) is 1. The number of rotatable bonds is 6. The molecule has 0 spiro atoms. The molecule has 0 aliphatic rings. The Morgan fingerprint density at radius 1 is 1.42 bits per heavy atom. The maximum Gasteiger partial charge on any atom is 0.251 e. The summed E-state index contributed by atoms with van der Waals surface area (Å²) >= 11 is 1.60. The van der Waals surface area contributed by atoms with Gasteiger partial charge in [0.2, 0.25) is 0 Å². The van der Waals surface area contributed by atoms with Crippen LogP contribution in [-0.2, 0) is 0 Å². The van der Waals surface area contributed by atoms with Crippen molar-refractivity contribution in [2.24, 2.45) is 0 Å². The van der Waals surface area contributed by atoms with Crippen LogP contribution in [-0.4, -0.2) is 29.3 Å². The molecule has 2 aromatic heterocycles. The van der Waals surface area contributed by atoms with Gasteiger partial charge in [-0.2, -0.15) is 5.10 Å². The van der Waals surface area contributed by atoms with E-state index in [1.807, 2.05) is 29.8 Å². The molecule has 0 unspecified atom stereocenters. The fourth-order valence-corrected chi connectivity index (χ4v) is 3.19. The molecule has 3 rings (SSSR count). The van der Waals surface area contributed by atoms with Crippen molar-refractivity contribution in [2.75, 3.05) is 13.7 Å². The van der Waals surface area contributed by atoms with E-state index in [4.69, 9.17) is 4.74 Å². The Hall–Kier alpha value is -2.67. The third-order valence-electron chi connectivity index (χ3n) is 3.59. The molecule has 0 bridgehead atoms. The van der Waals surface area contributed by atoms with Crippen LogP contribution in [0.5, 0.6) is 5.75 Å². The minimum Gasteiger partial charge on any atom is -0.494 e. The van der Waals surface area contributed by atoms with Gasteiger partial charge < -0.3 is 10.1 Å². The average molecular weight is 345 g/mol. The van der Waals surface area contributed by atoms with Gasteiger partial charge in [0, 0.05) is 29.4 Å². The van der Waals surface area contributed by atoms with Crippen molar-refractivity contribution >= 4 is 17.2 Å². The van der Waals surface area contributed by atoms with Crippen LogP contribution in [0.1, 0.15) is 21.3 Å². The van der Waals surface area contributed by atoms with E-state index in [1.54, 1.807) is 22.2 Å². The van der Waals surface area contributed by atoms with E-state index in [9.17, 15) is 9.18 Å². The SMILES string of the molecule is COc1ccc(C(=O)NC[C@H](c2cccs2)n2cccn2)cc1F. The van der Waals surface area contributed by atoms with Gasteiger partial charge in [0.25, 0.3) is 5.91 Å². The van der Waals surface area contributed by atoms with E-state index in [0.717, 1.165) is 4.88 Å². The summed E-state index contributed by atoms with van der Waals surface area (Å²) in [5.74, 6) is -0.795. The Bertz CT molecular complexity index is 769. The van der Waals surface area contributed by atoms with E-state index in [2.05, 4.69) is 10.4 Å². The number of nitrogens with zero attached hydrogens (tertiary/aromatic N) is 2. The molecule has 2 heterocycles. The molecule has 24 heavy (non-hydrogen) atoms. The van der Waals surface area contributed by atoms with E-state index in [-0.39, 0.29) is 23.3 Å². The predicted molar refractivity (Wildman–Crippen MR) is 90.0 cm³/mol. The van der Waals surface area contributed by atoms with E-state index >= 15 is 0 Å². The quantitative estimate of drug-likeness (QED) is 0.747. The van der Waals surface area contributed by atoms with Crippen molar-refractivity contribution in [1.82, 2.24) is 15.1 Å². The van der Waals surface area contributed by atoms with Gasteiger partial charge in [-0.15, -0.1) is 11.3 Å². The largest absolute Gasteiger partial charge is 0.494 e. The van der Waals surface area contributed by atoms with E-state index < -0.39 is 5.82 Å². The zero-order chi connectivity index (χ0) is 16.9. The summed E-state index contributed by atoms with van der Waals surface area (Å²) in [6.45, 7) is 0.356. The minimum absolute atomic E-state index is 0.105. The van der Waals surface area contributed by atoms with Gasteiger partial charge in [0.15, 0.2) is 11.6 Å². The van der Waals surface area contributed by atoms with Gasteiger partial charge in [-0.05, 0) is 35.7 Å². The topological polar surface area (TPSA) is 56.1 Å². The maximum atomic E-state index is 13.7. The summed E-state index contributed by atoms with van der Waals surface area (Å²) in [6, 6.07) is 9.82. The lowest BCUT2D eigenvalue weighted by atomic mass is 10.2. The highest BCUT2D eigenvalue weighted by molar-refractivity contribution is 7.10. The lowest BCUT2D eigenvalue weighted by Gasteiger charge is -2.17. The lowest BCUT2D eigenvalue weighted by Crippen LogP contribution is -2.31. The maximum absolute atomic E-state index is 13.7. The number of aromatic nitrogens is 2. The molecule has 0 fully saturated rings. The predicted octanol–water partition coefficient (Wildman–Crippen LogP) is 3.11. The fourth-order valence-electron chi connectivity index (χ4n) is 2.37. The second-order valence-electron chi connectivity index (χ2n) is 5.08. The van der Waals surface area contributed by atoms with Crippen molar-refractivity contribution in [3.8, 4) is 5.75 Å². The first-order valence-corrected chi connectivity index (χ1v) is 8.21. The second kappa shape index (κ2) is 7.27. The number of methoxy groups -OCH3 is 1. The van der Waals surface area contributed by atoms with Crippen LogP contribution in [0, 0.1) is 5.82 Å². The monoisotopic (exact) mass is 345 g/mol. The second-order valence-corrected chi connectivity index (χ2v) is 6.06. The van der Waals surface area contributed by atoms with Gasteiger partial charge in [0.05, 0.1) is 7.11 Å². The standard InChI is InChI=1S/C17H16FN3O2S/c1-23-15-6-5-12(10-13(15)18)17(22)19-11-14(16-4-2-9-24-16)21-8-3-7-20-21/h2-10,14H,11H2,1H3,(H,19,22)/t14-/m1/s1. The van der Waals surface area contributed by atoms with Gasteiger partial charge >= 0.3 is 0 Å². The summed E-state index contributed by atoms with van der Waals surface area (Å²) in [4.78, 5) is 13.4. The molecule has 1 amide bonds. The van der Waals surface area contributed by atoms with Crippen LogP contribution in [0.3, 0.4) is 0 Å². The van der Waals surface area contributed by atoms with Gasteiger partial charge in [-0.1, -0.05) is 6.07 Å². The first kappa shape index (κ1) is 16.2.